The van der Waals surface area contributed by atoms with E-state index in [2.05, 4.69) is 23.3 Å². The van der Waals surface area contributed by atoms with Gasteiger partial charge in [0.1, 0.15) is 0 Å². The zero-order valence-corrected chi connectivity index (χ0v) is 11.3. The van der Waals surface area contributed by atoms with E-state index >= 15 is 0 Å². The van der Waals surface area contributed by atoms with E-state index in [1.165, 1.54) is 16.5 Å². The fourth-order valence-electron chi connectivity index (χ4n) is 3.09. The van der Waals surface area contributed by atoms with E-state index < -0.39 is 0 Å². The number of rotatable bonds is 2. The van der Waals surface area contributed by atoms with Crippen LogP contribution in [0.25, 0.3) is 10.9 Å². The number of hydrogen-bond acceptors (Lipinski definition) is 2. The molecule has 1 saturated heterocycles. The SMILES string of the molecule is Cc1[nH]c2c(C(N)=O)ccc(C3CCNC3)c2c1C. The van der Waals surface area contributed by atoms with Crippen molar-refractivity contribution in [3.8, 4) is 0 Å². The van der Waals surface area contributed by atoms with Crippen molar-refractivity contribution in [2.45, 2.75) is 26.2 Å². The number of aryl methyl sites for hydroxylation is 2. The fourth-order valence-corrected chi connectivity index (χ4v) is 3.09. The molecule has 0 saturated carbocycles. The number of carbonyl (C=O) groups excluding carboxylic acids is 1. The molecule has 1 aromatic heterocycles. The minimum Gasteiger partial charge on any atom is -0.366 e. The van der Waals surface area contributed by atoms with Crippen LogP contribution >= 0.6 is 0 Å². The third-order valence-electron chi connectivity index (χ3n) is 4.25. The van der Waals surface area contributed by atoms with Crippen LogP contribution in [0.3, 0.4) is 0 Å². The first-order chi connectivity index (χ1) is 9.09. The quantitative estimate of drug-likeness (QED) is 0.769. The van der Waals surface area contributed by atoms with Crippen molar-refractivity contribution in [2.24, 2.45) is 5.73 Å². The Bertz CT molecular complexity index is 651. The summed E-state index contributed by atoms with van der Waals surface area (Å²) in [5, 5.41) is 4.58. The van der Waals surface area contributed by atoms with Gasteiger partial charge in [0.15, 0.2) is 0 Å². The second-order valence-electron chi connectivity index (χ2n) is 5.38. The first-order valence-electron chi connectivity index (χ1n) is 6.72. The molecule has 4 nitrogen and oxygen atoms in total. The monoisotopic (exact) mass is 257 g/mol. The molecule has 1 amide bonds. The van der Waals surface area contributed by atoms with Gasteiger partial charge in [-0.1, -0.05) is 6.07 Å². The van der Waals surface area contributed by atoms with Crippen LogP contribution < -0.4 is 11.1 Å². The standard InChI is InChI=1S/C15H19N3O/c1-8-9(2)18-14-12(15(16)19)4-3-11(13(8)14)10-5-6-17-7-10/h3-4,10,17-18H,5-7H2,1-2H3,(H2,16,19). The number of aromatic nitrogens is 1. The van der Waals surface area contributed by atoms with Crippen molar-refractivity contribution >= 4 is 16.8 Å². The van der Waals surface area contributed by atoms with Crippen molar-refractivity contribution in [2.75, 3.05) is 13.1 Å². The van der Waals surface area contributed by atoms with E-state index in [1.54, 1.807) is 0 Å². The summed E-state index contributed by atoms with van der Waals surface area (Å²) in [4.78, 5) is 14.9. The summed E-state index contributed by atoms with van der Waals surface area (Å²) in [6, 6.07) is 3.92. The Balaban J connectivity index is 2.29. The third-order valence-corrected chi connectivity index (χ3v) is 4.25. The summed E-state index contributed by atoms with van der Waals surface area (Å²) in [5.74, 6) is 0.153. The highest BCUT2D eigenvalue weighted by molar-refractivity contribution is 6.07. The lowest BCUT2D eigenvalue weighted by molar-refractivity contribution is 0.100. The fraction of sp³-hybridized carbons (Fsp3) is 0.400. The Morgan fingerprint density at radius 1 is 1.37 bits per heavy atom. The normalized spacial score (nSPS) is 19.2. The van der Waals surface area contributed by atoms with Crippen LogP contribution in [0.4, 0.5) is 0 Å². The van der Waals surface area contributed by atoms with Crippen molar-refractivity contribution < 1.29 is 4.79 Å². The van der Waals surface area contributed by atoms with Gasteiger partial charge in [-0.15, -0.1) is 0 Å². The van der Waals surface area contributed by atoms with Crippen molar-refractivity contribution in [1.29, 1.82) is 0 Å². The lowest BCUT2D eigenvalue weighted by atomic mass is 9.91. The summed E-state index contributed by atoms with van der Waals surface area (Å²) >= 11 is 0. The number of primary amides is 1. The van der Waals surface area contributed by atoms with Gasteiger partial charge in [-0.25, -0.2) is 0 Å². The first-order valence-corrected chi connectivity index (χ1v) is 6.72. The number of benzene rings is 1. The third kappa shape index (κ3) is 1.83. The molecule has 19 heavy (non-hydrogen) atoms. The van der Waals surface area contributed by atoms with Crippen molar-refractivity contribution in [3.63, 3.8) is 0 Å². The molecule has 1 unspecified atom stereocenters. The molecule has 100 valence electrons. The highest BCUT2D eigenvalue weighted by Crippen LogP contribution is 2.34. The van der Waals surface area contributed by atoms with E-state index in [0.29, 0.717) is 11.5 Å². The largest absolute Gasteiger partial charge is 0.366 e. The smallest absolute Gasteiger partial charge is 0.250 e. The summed E-state index contributed by atoms with van der Waals surface area (Å²) in [6.45, 7) is 6.21. The minimum atomic E-state index is -0.373. The number of carbonyl (C=O) groups is 1. The zero-order chi connectivity index (χ0) is 13.6. The summed E-state index contributed by atoms with van der Waals surface area (Å²) in [5.41, 5.74) is 10.6. The molecule has 1 aliphatic heterocycles. The molecular formula is C15H19N3O. The van der Waals surface area contributed by atoms with Gasteiger partial charge in [-0.05, 0) is 49.9 Å². The lowest BCUT2D eigenvalue weighted by Gasteiger charge is -2.12. The molecule has 0 spiro atoms. The average molecular weight is 257 g/mol. The van der Waals surface area contributed by atoms with Gasteiger partial charge < -0.3 is 16.0 Å². The Hall–Kier alpha value is -1.81. The van der Waals surface area contributed by atoms with Crippen LogP contribution in [0.15, 0.2) is 12.1 Å². The maximum atomic E-state index is 11.6. The lowest BCUT2D eigenvalue weighted by Crippen LogP contribution is -2.13. The Morgan fingerprint density at radius 2 is 2.16 bits per heavy atom. The van der Waals surface area contributed by atoms with E-state index in [0.717, 1.165) is 30.7 Å². The van der Waals surface area contributed by atoms with Gasteiger partial charge in [-0.2, -0.15) is 0 Å². The van der Waals surface area contributed by atoms with Crippen LogP contribution in [-0.4, -0.2) is 24.0 Å². The van der Waals surface area contributed by atoms with Gasteiger partial charge in [0.25, 0.3) is 5.91 Å². The molecule has 2 aromatic rings. The number of H-pyrrole nitrogens is 1. The average Bonchev–Trinajstić information content (AvgIpc) is 2.98. The molecule has 1 fully saturated rings. The van der Waals surface area contributed by atoms with Crippen LogP contribution in [0.1, 0.15) is 39.5 Å². The highest BCUT2D eigenvalue weighted by Gasteiger charge is 2.23. The number of nitrogens with two attached hydrogens (primary N) is 1. The Kier molecular flexibility index (Phi) is 2.82. The molecule has 0 radical (unpaired) electrons. The molecule has 2 heterocycles. The molecule has 0 aliphatic carbocycles. The predicted molar refractivity (Wildman–Crippen MR) is 76.5 cm³/mol. The van der Waals surface area contributed by atoms with Crippen molar-refractivity contribution in [1.82, 2.24) is 10.3 Å². The van der Waals surface area contributed by atoms with Gasteiger partial charge >= 0.3 is 0 Å². The number of amides is 1. The van der Waals surface area contributed by atoms with Crippen LogP contribution in [0.2, 0.25) is 0 Å². The second kappa shape index (κ2) is 4.38. The number of fused-ring (bicyclic) bond motifs is 1. The highest BCUT2D eigenvalue weighted by atomic mass is 16.1. The molecule has 1 atom stereocenters. The maximum Gasteiger partial charge on any atom is 0.250 e. The molecule has 4 heteroatoms. The van der Waals surface area contributed by atoms with Gasteiger partial charge in [0, 0.05) is 17.6 Å². The molecular weight excluding hydrogens is 238 g/mol. The van der Waals surface area contributed by atoms with Crippen LogP contribution in [0, 0.1) is 13.8 Å². The van der Waals surface area contributed by atoms with Crippen molar-refractivity contribution in [3.05, 3.63) is 34.5 Å². The summed E-state index contributed by atoms with van der Waals surface area (Å²) in [6.07, 6.45) is 1.15. The molecule has 0 bridgehead atoms. The summed E-state index contributed by atoms with van der Waals surface area (Å²) < 4.78 is 0. The van der Waals surface area contributed by atoms with E-state index in [9.17, 15) is 4.79 Å². The molecule has 3 rings (SSSR count). The summed E-state index contributed by atoms with van der Waals surface area (Å²) in [7, 11) is 0. The van der Waals surface area contributed by atoms with Crippen LogP contribution in [0.5, 0.6) is 0 Å². The van der Waals surface area contributed by atoms with Crippen LogP contribution in [-0.2, 0) is 0 Å². The minimum absolute atomic E-state index is 0.373. The molecule has 1 aliphatic rings. The Morgan fingerprint density at radius 3 is 2.79 bits per heavy atom. The van der Waals surface area contributed by atoms with Gasteiger partial charge in [0.05, 0.1) is 11.1 Å². The number of nitrogens with one attached hydrogen (secondary N) is 2. The maximum absolute atomic E-state index is 11.6. The first kappa shape index (κ1) is 12.2. The predicted octanol–water partition coefficient (Wildman–Crippen LogP) is 1.96. The van der Waals surface area contributed by atoms with Gasteiger partial charge in [-0.3, -0.25) is 4.79 Å². The number of hydrogen-bond donors (Lipinski definition) is 3. The number of aromatic amines is 1. The Labute approximate surface area is 112 Å². The van der Waals surface area contributed by atoms with Gasteiger partial charge in [0.2, 0.25) is 0 Å². The molecule has 1 aromatic carbocycles. The molecule has 4 N–H and O–H groups in total. The van der Waals surface area contributed by atoms with E-state index in [4.69, 9.17) is 5.73 Å². The zero-order valence-electron chi connectivity index (χ0n) is 11.3. The second-order valence-corrected chi connectivity index (χ2v) is 5.38. The topological polar surface area (TPSA) is 70.9 Å². The van der Waals surface area contributed by atoms with E-state index in [-0.39, 0.29) is 5.91 Å². The van der Waals surface area contributed by atoms with E-state index in [1.807, 2.05) is 13.0 Å².